The van der Waals surface area contributed by atoms with Crippen molar-refractivity contribution >= 4 is 0 Å². The molecule has 0 bridgehead atoms. The van der Waals surface area contributed by atoms with E-state index in [1.54, 1.807) is 0 Å². The van der Waals surface area contributed by atoms with Gasteiger partial charge < -0.3 is 5.32 Å². The molecule has 0 unspecified atom stereocenters. The van der Waals surface area contributed by atoms with Crippen LogP contribution >= 0.6 is 0 Å². The summed E-state index contributed by atoms with van der Waals surface area (Å²) in [6.45, 7) is 6.90. The molecule has 5 nitrogen and oxygen atoms in total. The average molecular weight is 273 g/mol. The van der Waals surface area contributed by atoms with Crippen LogP contribution in [0.3, 0.4) is 0 Å². The van der Waals surface area contributed by atoms with Crippen LogP contribution in [-0.2, 0) is 26.1 Å². The second-order valence-electron chi connectivity index (χ2n) is 5.50. The summed E-state index contributed by atoms with van der Waals surface area (Å²) < 4.78 is 4.08. The third-order valence-corrected chi connectivity index (χ3v) is 3.76. The molecule has 108 valence electrons. The number of hydrogen-bond donors (Lipinski definition) is 1. The lowest BCUT2D eigenvalue weighted by atomic mass is 10.3. The van der Waals surface area contributed by atoms with E-state index in [1.165, 1.54) is 24.1 Å². The zero-order chi connectivity index (χ0) is 13.9. The first-order valence-electron chi connectivity index (χ1n) is 7.58. The Morgan fingerprint density at radius 3 is 2.90 bits per heavy atom. The van der Waals surface area contributed by atoms with Crippen molar-refractivity contribution in [3.05, 3.63) is 35.4 Å². The molecule has 5 heteroatoms. The largest absolute Gasteiger partial charge is 0.310 e. The van der Waals surface area contributed by atoms with Gasteiger partial charge in [-0.2, -0.15) is 10.2 Å². The number of nitrogens with one attached hydrogen (secondary N) is 1. The third kappa shape index (κ3) is 3.10. The first kappa shape index (κ1) is 13.4. The Bertz CT molecular complexity index is 565. The van der Waals surface area contributed by atoms with Crippen LogP contribution in [-0.4, -0.2) is 25.6 Å². The van der Waals surface area contributed by atoms with Crippen LogP contribution in [0.1, 0.15) is 43.6 Å². The summed E-state index contributed by atoms with van der Waals surface area (Å²) in [5.74, 6) is 0. The number of aromatic nitrogens is 4. The number of nitrogens with zero attached hydrogens (tertiary/aromatic N) is 4. The van der Waals surface area contributed by atoms with Gasteiger partial charge in [0.1, 0.15) is 0 Å². The van der Waals surface area contributed by atoms with Gasteiger partial charge in [0.25, 0.3) is 0 Å². The standard InChI is InChI=1S/C15H23N5/c1-3-13-7-15(20(4-2)18-13)11-19-10-12(9-17-19)8-16-14-5-6-14/h7,9-10,14,16H,3-6,8,11H2,1-2H3. The zero-order valence-electron chi connectivity index (χ0n) is 12.3. The molecule has 2 heterocycles. The van der Waals surface area contributed by atoms with E-state index in [9.17, 15) is 0 Å². The topological polar surface area (TPSA) is 47.7 Å². The molecule has 0 aromatic carbocycles. The SMILES string of the molecule is CCc1cc(Cn2cc(CNC3CC3)cn2)n(CC)n1. The maximum atomic E-state index is 4.58. The van der Waals surface area contributed by atoms with Gasteiger partial charge in [-0.25, -0.2) is 0 Å². The molecule has 1 aliphatic rings. The van der Waals surface area contributed by atoms with E-state index in [4.69, 9.17) is 0 Å². The highest BCUT2D eigenvalue weighted by Crippen LogP contribution is 2.19. The number of rotatable bonds is 7. The Labute approximate surface area is 120 Å². The van der Waals surface area contributed by atoms with Crippen LogP contribution in [0.5, 0.6) is 0 Å². The molecule has 1 N–H and O–H groups in total. The van der Waals surface area contributed by atoms with E-state index >= 15 is 0 Å². The lowest BCUT2D eigenvalue weighted by Crippen LogP contribution is -2.14. The Kier molecular flexibility index (Phi) is 3.87. The Morgan fingerprint density at radius 1 is 1.35 bits per heavy atom. The highest BCUT2D eigenvalue weighted by atomic mass is 15.3. The normalized spacial score (nSPS) is 14.9. The van der Waals surface area contributed by atoms with Gasteiger partial charge in [0.05, 0.1) is 24.1 Å². The molecule has 3 rings (SSSR count). The van der Waals surface area contributed by atoms with Crippen molar-refractivity contribution in [3.8, 4) is 0 Å². The van der Waals surface area contributed by atoms with Crippen molar-refractivity contribution in [1.82, 2.24) is 24.9 Å². The van der Waals surface area contributed by atoms with Crippen molar-refractivity contribution in [3.63, 3.8) is 0 Å². The van der Waals surface area contributed by atoms with E-state index in [0.29, 0.717) is 0 Å². The summed E-state index contributed by atoms with van der Waals surface area (Å²) in [5, 5.41) is 12.6. The first-order chi connectivity index (χ1) is 9.78. The Morgan fingerprint density at radius 2 is 2.20 bits per heavy atom. The maximum absolute atomic E-state index is 4.58. The molecule has 2 aromatic rings. The van der Waals surface area contributed by atoms with E-state index in [-0.39, 0.29) is 0 Å². The highest BCUT2D eigenvalue weighted by molar-refractivity contribution is 5.12. The van der Waals surface area contributed by atoms with Gasteiger partial charge in [-0.15, -0.1) is 0 Å². The average Bonchev–Trinajstić information content (AvgIpc) is 3.05. The van der Waals surface area contributed by atoms with Crippen LogP contribution in [0.2, 0.25) is 0 Å². The van der Waals surface area contributed by atoms with Crippen molar-refractivity contribution in [2.24, 2.45) is 0 Å². The molecule has 0 amide bonds. The van der Waals surface area contributed by atoms with Crippen LogP contribution in [0.4, 0.5) is 0 Å². The van der Waals surface area contributed by atoms with Crippen molar-refractivity contribution in [2.75, 3.05) is 0 Å². The van der Waals surface area contributed by atoms with E-state index in [2.05, 4.69) is 46.3 Å². The molecule has 0 radical (unpaired) electrons. The Hall–Kier alpha value is -1.62. The van der Waals surface area contributed by atoms with Crippen LogP contribution in [0, 0.1) is 0 Å². The smallest absolute Gasteiger partial charge is 0.0828 e. The van der Waals surface area contributed by atoms with E-state index in [0.717, 1.165) is 37.8 Å². The lowest BCUT2D eigenvalue weighted by Gasteiger charge is -2.04. The summed E-state index contributed by atoms with van der Waals surface area (Å²) in [4.78, 5) is 0. The zero-order valence-corrected chi connectivity index (χ0v) is 12.3. The molecule has 2 aromatic heterocycles. The van der Waals surface area contributed by atoms with Gasteiger partial charge >= 0.3 is 0 Å². The molecule has 1 fully saturated rings. The molecule has 0 spiro atoms. The molecule has 0 saturated heterocycles. The minimum atomic E-state index is 0.743. The summed E-state index contributed by atoms with van der Waals surface area (Å²) in [6.07, 6.45) is 7.72. The fourth-order valence-corrected chi connectivity index (χ4v) is 2.39. The predicted molar refractivity (Wildman–Crippen MR) is 78.5 cm³/mol. The van der Waals surface area contributed by atoms with Crippen LogP contribution < -0.4 is 5.32 Å². The number of hydrogen-bond acceptors (Lipinski definition) is 3. The highest BCUT2D eigenvalue weighted by Gasteiger charge is 2.20. The minimum Gasteiger partial charge on any atom is -0.310 e. The van der Waals surface area contributed by atoms with Gasteiger partial charge in [0.15, 0.2) is 0 Å². The van der Waals surface area contributed by atoms with E-state index in [1.807, 2.05) is 10.9 Å². The van der Waals surface area contributed by atoms with Gasteiger partial charge in [0.2, 0.25) is 0 Å². The molecular formula is C15H23N5. The molecule has 1 saturated carbocycles. The monoisotopic (exact) mass is 273 g/mol. The third-order valence-electron chi connectivity index (χ3n) is 3.76. The van der Waals surface area contributed by atoms with Crippen LogP contribution in [0.15, 0.2) is 18.5 Å². The fourth-order valence-electron chi connectivity index (χ4n) is 2.39. The summed E-state index contributed by atoms with van der Waals surface area (Å²) in [7, 11) is 0. The molecule has 0 atom stereocenters. The van der Waals surface area contributed by atoms with Gasteiger partial charge in [-0.05, 0) is 32.3 Å². The van der Waals surface area contributed by atoms with Crippen molar-refractivity contribution in [1.29, 1.82) is 0 Å². The minimum absolute atomic E-state index is 0.743. The fraction of sp³-hybridized carbons (Fsp3) is 0.600. The maximum Gasteiger partial charge on any atom is 0.0828 e. The van der Waals surface area contributed by atoms with Crippen molar-refractivity contribution < 1.29 is 0 Å². The Balaban J connectivity index is 1.65. The predicted octanol–water partition coefficient (Wildman–Crippen LogP) is 1.96. The van der Waals surface area contributed by atoms with Gasteiger partial charge in [-0.1, -0.05) is 6.92 Å². The van der Waals surface area contributed by atoms with Crippen molar-refractivity contribution in [2.45, 2.75) is 58.8 Å². The second-order valence-corrected chi connectivity index (χ2v) is 5.50. The second kappa shape index (κ2) is 5.79. The first-order valence-corrected chi connectivity index (χ1v) is 7.58. The summed E-state index contributed by atoms with van der Waals surface area (Å²) in [5.41, 5.74) is 3.65. The van der Waals surface area contributed by atoms with Gasteiger partial charge in [-0.3, -0.25) is 9.36 Å². The van der Waals surface area contributed by atoms with E-state index < -0.39 is 0 Å². The quantitative estimate of drug-likeness (QED) is 0.839. The van der Waals surface area contributed by atoms with Gasteiger partial charge in [0, 0.05) is 30.9 Å². The number of aryl methyl sites for hydroxylation is 2. The van der Waals surface area contributed by atoms with Crippen LogP contribution in [0.25, 0.3) is 0 Å². The summed E-state index contributed by atoms with van der Waals surface area (Å²) in [6, 6.07) is 2.93. The molecular weight excluding hydrogens is 250 g/mol. The molecule has 1 aliphatic carbocycles. The summed E-state index contributed by atoms with van der Waals surface area (Å²) >= 11 is 0. The lowest BCUT2D eigenvalue weighted by molar-refractivity contribution is 0.573. The molecule has 0 aliphatic heterocycles. The molecule has 20 heavy (non-hydrogen) atoms.